The van der Waals surface area contributed by atoms with Gasteiger partial charge in [0.15, 0.2) is 5.16 Å². The highest BCUT2D eigenvalue weighted by molar-refractivity contribution is 7.98. The first-order chi connectivity index (χ1) is 13.2. The topological polar surface area (TPSA) is 43.6 Å². The van der Waals surface area contributed by atoms with Crippen molar-refractivity contribution < 1.29 is 0 Å². The molecule has 0 spiro atoms. The Labute approximate surface area is 169 Å². The predicted octanol–water partition coefficient (Wildman–Crippen LogP) is 5.66. The van der Waals surface area contributed by atoms with Gasteiger partial charge in [-0.25, -0.2) is 4.98 Å². The van der Waals surface area contributed by atoms with Gasteiger partial charge in [-0.3, -0.25) is 0 Å². The number of thiazole rings is 1. The van der Waals surface area contributed by atoms with Gasteiger partial charge in [-0.2, -0.15) is 0 Å². The second-order valence-corrected chi connectivity index (χ2v) is 9.27. The van der Waals surface area contributed by atoms with Crippen LogP contribution in [0.4, 0.5) is 0 Å². The lowest BCUT2D eigenvalue weighted by molar-refractivity contribution is 0.348. The summed E-state index contributed by atoms with van der Waals surface area (Å²) in [7, 11) is 2.10. The Morgan fingerprint density at radius 2 is 2.04 bits per heavy atom. The highest BCUT2D eigenvalue weighted by atomic mass is 32.2. The van der Waals surface area contributed by atoms with Crippen molar-refractivity contribution in [2.24, 2.45) is 13.0 Å². The third-order valence-corrected chi connectivity index (χ3v) is 7.28. The van der Waals surface area contributed by atoms with Crippen LogP contribution in [0.2, 0.25) is 0 Å². The Balaban J connectivity index is 1.38. The fourth-order valence-corrected chi connectivity index (χ4v) is 5.47. The van der Waals surface area contributed by atoms with E-state index in [1.54, 1.807) is 23.1 Å². The van der Waals surface area contributed by atoms with Crippen molar-refractivity contribution in [1.29, 1.82) is 0 Å². The summed E-state index contributed by atoms with van der Waals surface area (Å²) in [5.41, 5.74) is 3.58. The van der Waals surface area contributed by atoms with Crippen LogP contribution in [0, 0.1) is 12.8 Å². The Bertz CT molecular complexity index is 893. The van der Waals surface area contributed by atoms with E-state index in [0.717, 1.165) is 39.8 Å². The minimum Gasteiger partial charge on any atom is -0.309 e. The van der Waals surface area contributed by atoms with E-state index < -0.39 is 0 Å². The van der Waals surface area contributed by atoms with Crippen molar-refractivity contribution in [2.75, 3.05) is 0 Å². The van der Waals surface area contributed by atoms with Crippen molar-refractivity contribution in [2.45, 2.75) is 56.4 Å². The molecule has 4 nitrogen and oxygen atoms in total. The fourth-order valence-electron chi connectivity index (χ4n) is 3.72. The SMILES string of the molecule is Cc1cccc(-c2nc(CSc3nnc(CC4CCCCC4)n3C)cs2)c1. The van der Waals surface area contributed by atoms with Crippen LogP contribution in [-0.2, 0) is 19.2 Å². The smallest absolute Gasteiger partial charge is 0.191 e. The van der Waals surface area contributed by atoms with Crippen LogP contribution in [0.5, 0.6) is 0 Å². The van der Waals surface area contributed by atoms with Crippen LogP contribution >= 0.6 is 23.1 Å². The minimum absolute atomic E-state index is 0.787. The number of aromatic nitrogens is 4. The molecule has 0 bridgehead atoms. The first-order valence-corrected chi connectivity index (χ1v) is 11.6. The van der Waals surface area contributed by atoms with Gasteiger partial charge in [-0.1, -0.05) is 67.6 Å². The zero-order valence-electron chi connectivity index (χ0n) is 16.0. The molecule has 0 amide bonds. The summed E-state index contributed by atoms with van der Waals surface area (Å²) in [5.74, 6) is 2.75. The number of nitrogens with zero attached hydrogens (tertiary/aromatic N) is 4. The van der Waals surface area contributed by atoms with Crippen molar-refractivity contribution in [1.82, 2.24) is 19.7 Å². The van der Waals surface area contributed by atoms with Gasteiger partial charge in [0.25, 0.3) is 0 Å². The molecule has 0 N–H and O–H groups in total. The first-order valence-electron chi connectivity index (χ1n) is 9.71. The van der Waals surface area contributed by atoms with E-state index >= 15 is 0 Å². The van der Waals surface area contributed by atoms with Gasteiger partial charge in [0.1, 0.15) is 10.8 Å². The van der Waals surface area contributed by atoms with Gasteiger partial charge in [-0.05, 0) is 18.9 Å². The van der Waals surface area contributed by atoms with Gasteiger partial charge in [0.2, 0.25) is 0 Å². The van der Waals surface area contributed by atoms with Gasteiger partial charge in [-0.15, -0.1) is 21.5 Å². The summed E-state index contributed by atoms with van der Waals surface area (Å²) in [6, 6.07) is 8.53. The highest BCUT2D eigenvalue weighted by Crippen LogP contribution is 2.29. The Hall–Kier alpha value is -1.66. The molecule has 142 valence electrons. The van der Waals surface area contributed by atoms with E-state index in [-0.39, 0.29) is 0 Å². The van der Waals surface area contributed by atoms with Crippen LogP contribution in [-0.4, -0.2) is 19.7 Å². The maximum absolute atomic E-state index is 4.81. The van der Waals surface area contributed by atoms with Crippen LogP contribution < -0.4 is 0 Å². The van der Waals surface area contributed by atoms with E-state index in [0.29, 0.717) is 0 Å². The van der Waals surface area contributed by atoms with Crippen LogP contribution in [0.25, 0.3) is 10.6 Å². The molecule has 1 saturated carbocycles. The fraction of sp³-hybridized carbons (Fsp3) is 0.476. The molecule has 1 aliphatic carbocycles. The second-order valence-electron chi connectivity index (χ2n) is 7.47. The molecule has 1 aliphatic rings. The monoisotopic (exact) mass is 398 g/mol. The molecular formula is C21H26N4S2. The summed E-state index contributed by atoms with van der Waals surface area (Å²) in [4.78, 5) is 4.81. The average molecular weight is 399 g/mol. The van der Waals surface area contributed by atoms with Crippen molar-refractivity contribution >= 4 is 23.1 Å². The summed E-state index contributed by atoms with van der Waals surface area (Å²) in [6.07, 6.45) is 7.90. The van der Waals surface area contributed by atoms with Gasteiger partial charge < -0.3 is 4.57 Å². The molecule has 0 atom stereocenters. The third kappa shape index (κ3) is 4.61. The summed E-state index contributed by atoms with van der Waals surface area (Å²) < 4.78 is 2.17. The van der Waals surface area contributed by atoms with Crippen molar-refractivity contribution in [3.8, 4) is 10.6 Å². The van der Waals surface area contributed by atoms with Gasteiger partial charge in [0.05, 0.1) is 5.69 Å². The summed E-state index contributed by atoms with van der Waals surface area (Å²) in [6.45, 7) is 2.12. The number of rotatable bonds is 6. The van der Waals surface area contributed by atoms with Gasteiger partial charge >= 0.3 is 0 Å². The number of aryl methyl sites for hydroxylation is 1. The lowest BCUT2D eigenvalue weighted by Crippen LogP contribution is -2.12. The van der Waals surface area contributed by atoms with Gasteiger partial charge in [0, 0.05) is 30.2 Å². The largest absolute Gasteiger partial charge is 0.309 e. The average Bonchev–Trinajstić information content (AvgIpc) is 3.29. The number of hydrogen-bond acceptors (Lipinski definition) is 5. The standard InChI is InChI=1S/C21H26N4S2/c1-15-7-6-10-17(11-15)20-22-18(13-26-20)14-27-21-24-23-19(25(21)2)12-16-8-4-3-5-9-16/h6-7,10-11,13,16H,3-5,8-9,12,14H2,1-2H3. The molecule has 3 aromatic rings. The Morgan fingerprint density at radius 1 is 1.19 bits per heavy atom. The minimum atomic E-state index is 0.787. The van der Waals surface area contributed by atoms with E-state index in [1.165, 1.54) is 43.2 Å². The highest BCUT2D eigenvalue weighted by Gasteiger charge is 2.18. The molecule has 1 aromatic carbocycles. The van der Waals surface area contributed by atoms with Crippen LogP contribution in [0.1, 0.15) is 49.2 Å². The molecule has 2 heterocycles. The Morgan fingerprint density at radius 3 is 2.85 bits per heavy atom. The normalized spacial score (nSPS) is 15.3. The number of thioether (sulfide) groups is 1. The zero-order chi connectivity index (χ0) is 18.6. The molecule has 0 aliphatic heterocycles. The second kappa shape index (κ2) is 8.57. The molecule has 0 saturated heterocycles. The summed E-state index contributed by atoms with van der Waals surface area (Å²) >= 11 is 3.44. The number of hydrogen-bond donors (Lipinski definition) is 0. The first kappa shape index (κ1) is 18.7. The lowest BCUT2D eigenvalue weighted by Gasteiger charge is -2.20. The van der Waals surface area contributed by atoms with Crippen LogP contribution in [0.3, 0.4) is 0 Å². The predicted molar refractivity (Wildman–Crippen MR) is 113 cm³/mol. The maximum atomic E-state index is 4.81. The molecule has 4 rings (SSSR count). The lowest BCUT2D eigenvalue weighted by atomic mass is 9.87. The molecule has 6 heteroatoms. The quantitative estimate of drug-likeness (QED) is 0.502. The molecular weight excluding hydrogens is 372 g/mol. The number of benzene rings is 1. The zero-order valence-corrected chi connectivity index (χ0v) is 17.7. The Kier molecular flexibility index (Phi) is 5.93. The summed E-state index contributed by atoms with van der Waals surface area (Å²) in [5, 5.41) is 13.1. The molecule has 0 unspecified atom stereocenters. The van der Waals surface area contributed by atoms with Crippen LogP contribution in [0.15, 0.2) is 34.8 Å². The van der Waals surface area contributed by atoms with E-state index in [4.69, 9.17) is 4.98 Å². The van der Waals surface area contributed by atoms with E-state index in [1.807, 2.05) is 0 Å². The molecule has 0 radical (unpaired) electrons. The molecule has 27 heavy (non-hydrogen) atoms. The maximum Gasteiger partial charge on any atom is 0.191 e. The molecule has 1 fully saturated rings. The van der Waals surface area contributed by atoms with E-state index in [9.17, 15) is 0 Å². The third-order valence-electron chi connectivity index (χ3n) is 5.29. The van der Waals surface area contributed by atoms with Crippen molar-refractivity contribution in [3.63, 3.8) is 0 Å². The van der Waals surface area contributed by atoms with Crippen molar-refractivity contribution in [3.05, 3.63) is 46.7 Å². The van der Waals surface area contributed by atoms with E-state index in [2.05, 4.69) is 58.4 Å². The molecule has 2 aromatic heterocycles.